The summed E-state index contributed by atoms with van der Waals surface area (Å²) in [5.74, 6) is -2.17. The molecule has 0 aromatic heterocycles. The molecule has 0 unspecified atom stereocenters. The van der Waals surface area contributed by atoms with Gasteiger partial charge in [-0.3, -0.25) is 9.59 Å². The number of ether oxygens (including phenoxy) is 1. The largest absolute Gasteiger partial charge is 0.455 e. The molecule has 2 aromatic carbocycles. The monoisotopic (exact) mass is 405 g/mol. The quantitative estimate of drug-likeness (QED) is 0.698. The van der Waals surface area contributed by atoms with E-state index in [4.69, 9.17) is 10.00 Å². The molecule has 146 valence electrons. The van der Waals surface area contributed by atoms with Gasteiger partial charge in [0.2, 0.25) is 10.0 Å². The van der Waals surface area contributed by atoms with Crippen LogP contribution in [0.15, 0.2) is 53.4 Å². The number of nitrogens with one attached hydrogen (secondary N) is 1. The van der Waals surface area contributed by atoms with Crippen LogP contribution < -0.4 is 5.32 Å². The van der Waals surface area contributed by atoms with Crippen LogP contribution in [-0.4, -0.2) is 44.8 Å². The number of nitriles is 1. The van der Waals surface area contributed by atoms with Gasteiger partial charge in [-0.1, -0.05) is 6.07 Å². The van der Waals surface area contributed by atoms with Crippen LogP contribution in [0, 0.1) is 17.1 Å². The van der Waals surface area contributed by atoms with Gasteiger partial charge in [0.05, 0.1) is 16.5 Å². The maximum absolute atomic E-state index is 12.9. The summed E-state index contributed by atoms with van der Waals surface area (Å²) >= 11 is 0. The summed E-state index contributed by atoms with van der Waals surface area (Å²) in [6.45, 7) is -1.25. The number of esters is 1. The SMILES string of the molecule is CN(CC(=O)OCC(=O)Nc1cccc(C#N)c1)S(=O)(=O)c1ccc(F)cc1. The topological polar surface area (TPSA) is 117 Å². The fraction of sp³-hybridized carbons (Fsp3) is 0.167. The molecule has 1 N–H and O–H groups in total. The highest BCUT2D eigenvalue weighted by Crippen LogP contribution is 2.14. The molecule has 10 heteroatoms. The highest BCUT2D eigenvalue weighted by molar-refractivity contribution is 7.89. The summed E-state index contributed by atoms with van der Waals surface area (Å²) in [4.78, 5) is 23.5. The van der Waals surface area contributed by atoms with Crippen molar-refractivity contribution < 1.29 is 27.1 Å². The van der Waals surface area contributed by atoms with E-state index in [0.29, 0.717) is 11.3 Å². The van der Waals surface area contributed by atoms with Crippen LogP contribution in [0.1, 0.15) is 5.56 Å². The van der Waals surface area contributed by atoms with Gasteiger partial charge >= 0.3 is 5.97 Å². The predicted molar refractivity (Wildman–Crippen MR) is 97.0 cm³/mol. The summed E-state index contributed by atoms with van der Waals surface area (Å²) in [6, 6.07) is 12.2. The van der Waals surface area contributed by atoms with Gasteiger partial charge in [0.1, 0.15) is 12.4 Å². The van der Waals surface area contributed by atoms with Crippen molar-refractivity contribution in [1.29, 1.82) is 5.26 Å². The Morgan fingerprint density at radius 2 is 1.89 bits per heavy atom. The Morgan fingerprint density at radius 3 is 2.54 bits per heavy atom. The minimum Gasteiger partial charge on any atom is -0.455 e. The fourth-order valence-electron chi connectivity index (χ4n) is 2.11. The standard InChI is InChI=1S/C18H16FN3O5S/c1-22(28(25,26)16-7-5-14(19)6-8-16)11-18(24)27-12-17(23)21-15-4-2-3-13(9-15)10-20/h2-9H,11-12H2,1H3,(H,21,23). The minimum atomic E-state index is -4.01. The Labute approximate surface area is 161 Å². The second-order valence-corrected chi connectivity index (χ2v) is 7.66. The first-order valence-electron chi connectivity index (χ1n) is 7.90. The van der Waals surface area contributed by atoms with Crippen molar-refractivity contribution in [2.24, 2.45) is 0 Å². The van der Waals surface area contributed by atoms with Gasteiger partial charge in [-0.15, -0.1) is 0 Å². The molecule has 2 rings (SSSR count). The zero-order valence-electron chi connectivity index (χ0n) is 14.8. The van der Waals surface area contributed by atoms with E-state index >= 15 is 0 Å². The van der Waals surface area contributed by atoms with E-state index in [9.17, 15) is 22.4 Å². The third kappa shape index (κ3) is 5.60. The molecule has 0 aliphatic rings. The average Bonchev–Trinajstić information content (AvgIpc) is 2.66. The summed E-state index contributed by atoms with van der Waals surface area (Å²) in [5.41, 5.74) is 0.707. The molecule has 0 aliphatic heterocycles. The van der Waals surface area contributed by atoms with Crippen molar-refractivity contribution in [2.75, 3.05) is 25.5 Å². The van der Waals surface area contributed by atoms with Gasteiger partial charge in [-0.05, 0) is 42.5 Å². The summed E-state index contributed by atoms with van der Waals surface area (Å²) < 4.78 is 43.0. The number of carbonyl (C=O) groups excluding carboxylic acids is 2. The number of halogens is 1. The van der Waals surface area contributed by atoms with E-state index in [1.807, 2.05) is 6.07 Å². The predicted octanol–water partition coefficient (Wildman–Crippen LogP) is 1.50. The number of sulfonamides is 1. The third-order valence-electron chi connectivity index (χ3n) is 3.51. The van der Waals surface area contributed by atoms with E-state index in [-0.39, 0.29) is 4.90 Å². The molecule has 0 saturated heterocycles. The first kappa shape index (κ1) is 21.0. The molecule has 8 nitrogen and oxygen atoms in total. The number of amides is 1. The summed E-state index contributed by atoms with van der Waals surface area (Å²) in [7, 11) is -2.85. The summed E-state index contributed by atoms with van der Waals surface area (Å²) in [6.07, 6.45) is 0. The lowest BCUT2D eigenvalue weighted by atomic mass is 10.2. The lowest BCUT2D eigenvalue weighted by Crippen LogP contribution is -2.34. The molecule has 0 bridgehead atoms. The van der Waals surface area contributed by atoms with Crippen molar-refractivity contribution in [3.05, 3.63) is 59.9 Å². The van der Waals surface area contributed by atoms with Crippen LogP contribution in [0.5, 0.6) is 0 Å². The maximum atomic E-state index is 12.9. The lowest BCUT2D eigenvalue weighted by Gasteiger charge is -2.16. The van der Waals surface area contributed by atoms with Crippen molar-refractivity contribution in [1.82, 2.24) is 4.31 Å². The van der Waals surface area contributed by atoms with Crippen molar-refractivity contribution in [3.8, 4) is 6.07 Å². The first-order valence-corrected chi connectivity index (χ1v) is 9.34. The number of hydrogen-bond acceptors (Lipinski definition) is 6. The Kier molecular flexibility index (Phi) is 6.81. The number of likely N-dealkylation sites (N-methyl/N-ethyl adjacent to an activating group) is 1. The third-order valence-corrected chi connectivity index (χ3v) is 5.33. The number of hydrogen-bond donors (Lipinski definition) is 1. The van der Waals surface area contributed by atoms with Crippen LogP contribution in [0.25, 0.3) is 0 Å². The van der Waals surface area contributed by atoms with Crippen LogP contribution in [0.2, 0.25) is 0 Å². The smallest absolute Gasteiger partial charge is 0.321 e. The molecule has 0 aliphatic carbocycles. The van der Waals surface area contributed by atoms with Gasteiger partial charge in [0.25, 0.3) is 5.91 Å². The van der Waals surface area contributed by atoms with E-state index in [0.717, 1.165) is 35.6 Å². The molecular weight excluding hydrogens is 389 g/mol. The second kappa shape index (κ2) is 9.07. The lowest BCUT2D eigenvalue weighted by molar-refractivity contribution is -0.147. The van der Waals surface area contributed by atoms with Gasteiger partial charge in [0.15, 0.2) is 6.61 Å². The van der Waals surface area contributed by atoms with Crippen LogP contribution in [0.4, 0.5) is 10.1 Å². The molecule has 0 heterocycles. The van der Waals surface area contributed by atoms with E-state index < -0.39 is 40.9 Å². The highest BCUT2D eigenvalue weighted by Gasteiger charge is 2.24. The van der Waals surface area contributed by atoms with E-state index in [1.165, 1.54) is 6.07 Å². The number of benzene rings is 2. The Balaban J connectivity index is 1.88. The Bertz CT molecular complexity index is 1020. The van der Waals surface area contributed by atoms with Gasteiger partial charge < -0.3 is 10.1 Å². The zero-order valence-corrected chi connectivity index (χ0v) is 15.6. The fourth-order valence-corrected chi connectivity index (χ4v) is 3.22. The zero-order chi connectivity index (χ0) is 20.7. The van der Waals surface area contributed by atoms with Gasteiger partial charge in [-0.25, -0.2) is 12.8 Å². The molecule has 28 heavy (non-hydrogen) atoms. The van der Waals surface area contributed by atoms with E-state index in [1.54, 1.807) is 18.2 Å². The molecule has 2 aromatic rings. The molecular formula is C18H16FN3O5S. The van der Waals surface area contributed by atoms with Crippen LogP contribution >= 0.6 is 0 Å². The molecule has 1 amide bonds. The number of anilines is 1. The van der Waals surface area contributed by atoms with Crippen molar-refractivity contribution >= 4 is 27.6 Å². The van der Waals surface area contributed by atoms with Crippen molar-refractivity contribution in [3.63, 3.8) is 0 Å². The Morgan fingerprint density at radius 1 is 1.21 bits per heavy atom. The highest BCUT2D eigenvalue weighted by atomic mass is 32.2. The summed E-state index contributed by atoms with van der Waals surface area (Å²) in [5, 5.41) is 11.3. The molecule has 0 atom stereocenters. The maximum Gasteiger partial charge on any atom is 0.321 e. The number of rotatable bonds is 7. The van der Waals surface area contributed by atoms with E-state index in [2.05, 4.69) is 5.32 Å². The Hall–Kier alpha value is -3.29. The molecule has 0 radical (unpaired) electrons. The first-order chi connectivity index (χ1) is 13.2. The van der Waals surface area contributed by atoms with Crippen molar-refractivity contribution in [2.45, 2.75) is 4.90 Å². The second-order valence-electron chi connectivity index (χ2n) is 5.62. The number of nitrogens with zero attached hydrogens (tertiary/aromatic N) is 2. The van der Waals surface area contributed by atoms with Gasteiger partial charge in [-0.2, -0.15) is 9.57 Å². The van der Waals surface area contributed by atoms with Crippen LogP contribution in [-0.2, 0) is 24.3 Å². The van der Waals surface area contributed by atoms with Gasteiger partial charge in [0, 0.05) is 12.7 Å². The minimum absolute atomic E-state index is 0.181. The average molecular weight is 405 g/mol. The van der Waals surface area contributed by atoms with Crippen LogP contribution in [0.3, 0.4) is 0 Å². The molecule has 0 spiro atoms. The normalized spacial score (nSPS) is 10.9. The molecule has 0 saturated carbocycles. The molecule has 0 fully saturated rings. The number of carbonyl (C=O) groups is 2.